The first-order valence-electron chi connectivity index (χ1n) is 12.8. The Kier molecular flexibility index (Phi) is 6.58. The van der Waals surface area contributed by atoms with Gasteiger partial charge in [-0.3, -0.25) is 14.6 Å². The minimum absolute atomic E-state index is 0.000527. The maximum absolute atomic E-state index is 13.6. The molecule has 6 rings (SSSR count). The van der Waals surface area contributed by atoms with Crippen LogP contribution in [-0.2, 0) is 15.0 Å². The zero-order chi connectivity index (χ0) is 25.7. The molecule has 1 aromatic heterocycles. The third-order valence-electron chi connectivity index (χ3n) is 8.97. The van der Waals surface area contributed by atoms with Gasteiger partial charge in [-0.2, -0.15) is 0 Å². The van der Waals surface area contributed by atoms with Crippen molar-refractivity contribution < 1.29 is 14.0 Å². The number of rotatable bonds is 7. The summed E-state index contributed by atoms with van der Waals surface area (Å²) >= 11 is 5.94. The van der Waals surface area contributed by atoms with Crippen LogP contribution in [0.1, 0.15) is 51.5 Å². The number of carbonyl (C=O) groups excluding carboxylic acids is 2. The van der Waals surface area contributed by atoms with Gasteiger partial charge in [-0.15, -0.1) is 0 Å². The second kappa shape index (κ2) is 9.42. The standard InChI is InChI=1S/C28H34ClFN4O2/c1-27(2,19-3-4-22(30)21(29)11-19)25(35)33-15-23(31)24-17-9-16-10-18(24)14-28(12-16,13-17)26(36)34-20-5-7-32-8-6-20/h3-8,11,16-18,23-24H,9-10,12-15,31H2,1-2H3,(H,33,35)(H,32,34,36). The SMILES string of the molecule is CC(C)(C(=O)NCC(N)C1C2CC3CC1CC(C(=O)Nc1ccncc1)(C3)C2)c1ccc(F)c(Cl)c1. The molecule has 192 valence electrons. The molecule has 4 aliphatic carbocycles. The van der Waals surface area contributed by atoms with Gasteiger partial charge in [-0.25, -0.2) is 4.39 Å². The predicted octanol–water partition coefficient (Wildman–Crippen LogP) is 4.68. The molecule has 4 fully saturated rings. The van der Waals surface area contributed by atoms with Crippen LogP contribution in [-0.4, -0.2) is 29.4 Å². The van der Waals surface area contributed by atoms with E-state index < -0.39 is 11.2 Å². The van der Waals surface area contributed by atoms with Crippen LogP contribution in [0, 0.1) is 34.9 Å². The highest BCUT2D eigenvalue weighted by Crippen LogP contribution is 2.63. The summed E-state index contributed by atoms with van der Waals surface area (Å²) in [5.41, 5.74) is 6.95. The Morgan fingerprint density at radius 3 is 2.47 bits per heavy atom. The first kappa shape index (κ1) is 25.2. The molecule has 4 N–H and O–H groups in total. The zero-order valence-corrected chi connectivity index (χ0v) is 21.5. The normalized spacial score (nSPS) is 29.6. The highest BCUT2D eigenvalue weighted by Gasteiger charge is 2.59. The molecule has 3 atom stereocenters. The summed E-state index contributed by atoms with van der Waals surface area (Å²) in [4.78, 5) is 30.5. The van der Waals surface area contributed by atoms with Crippen LogP contribution in [0.15, 0.2) is 42.7 Å². The summed E-state index contributed by atoms with van der Waals surface area (Å²) in [6, 6.07) is 7.84. The van der Waals surface area contributed by atoms with Crippen LogP contribution >= 0.6 is 11.6 Å². The highest BCUT2D eigenvalue weighted by molar-refractivity contribution is 6.30. The summed E-state index contributed by atoms with van der Waals surface area (Å²) in [5, 5.41) is 6.17. The van der Waals surface area contributed by atoms with Crippen LogP contribution in [0.5, 0.6) is 0 Å². The summed E-state index contributed by atoms with van der Waals surface area (Å²) in [6.45, 7) is 3.96. The number of nitrogens with one attached hydrogen (secondary N) is 2. The monoisotopic (exact) mass is 512 g/mol. The van der Waals surface area contributed by atoms with E-state index >= 15 is 0 Å². The van der Waals surface area contributed by atoms with E-state index in [-0.39, 0.29) is 34.2 Å². The van der Waals surface area contributed by atoms with Gasteiger partial charge in [0.25, 0.3) is 0 Å². The molecular weight excluding hydrogens is 479 g/mol. The molecule has 2 aromatic rings. The lowest BCUT2D eigenvalue weighted by molar-refractivity contribution is -0.149. The van der Waals surface area contributed by atoms with E-state index in [9.17, 15) is 14.0 Å². The molecule has 3 unspecified atom stereocenters. The lowest BCUT2D eigenvalue weighted by atomic mass is 9.45. The van der Waals surface area contributed by atoms with Gasteiger partial charge >= 0.3 is 0 Å². The Hall–Kier alpha value is -2.51. The van der Waals surface area contributed by atoms with Gasteiger partial charge in [0.15, 0.2) is 0 Å². The van der Waals surface area contributed by atoms with Crippen molar-refractivity contribution in [3.63, 3.8) is 0 Å². The van der Waals surface area contributed by atoms with Gasteiger partial charge in [0, 0.05) is 30.7 Å². The number of nitrogens with two attached hydrogens (primary N) is 1. The Morgan fingerprint density at radius 2 is 1.83 bits per heavy atom. The maximum Gasteiger partial charge on any atom is 0.230 e. The second-order valence-corrected chi connectivity index (χ2v) is 12.1. The summed E-state index contributed by atoms with van der Waals surface area (Å²) < 4.78 is 13.6. The van der Waals surface area contributed by atoms with Crippen molar-refractivity contribution in [3.8, 4) is 0 Å². The van der Waals surface area contributed by atoms with Crippen molar-refractivity contribution in [3.05, 3.63) is 59.1 Å². The number of hydrogen-bond donors (Lipinski definition) is 3. The quantitative estimate of drug-likeness (QED) is 0.502. The van der Waals surface area contributed by atoms with Crippen LogP contribution in [0.25, 0.3) is 0 Å². The first-order valence-corrected chi connectivity index (χ1v) is 13.2. The molecule has 4 saturated carbocycles. The molecule has 0 saturated heterocycles. The molecule has 2 amide bonds. The third-order valence-corrected chi connectivity index (χ3v) is 9.26. The van der Waals surface area contributed by atoms with Crippen LogP contribution < -0.4 is 16.4 Å². The van der Waals surface area contributed by atoms with Crippen LogP contribution in [0.2, 0.25) is 5.02 Å². The molecule has 1 aromatic carbocycles. The van der Waals surface area contributed by atoms with Crippen molar-refractivity contribution in [2.45, 2.75) is 57.4 Å². The summed E-state index contributed by atoms with van der Waals surface area (Å²) in [6.07, 6.45) is 8.23. The van der Waals surface area contributed by atoms with E-state index in [1.165, 1.54) is 12.1 Å². The largest absolute Gasteiger partial charge is 0.354 e. The number of hydrogen-bond acceptors (Lipinski definition) is 4. The van der Waals surface area contributed by atoms with Crippen molar-refractivity contribution >= 4 is 29.1 Å². The molecule has 0 aliphatic heterocycles. The Labute approximate surface area is 216 Å². The minimum atomic E-state index is -0.879. The van der Waals surface area contributed by atoms with Crippen molar-refractivity contribution in [2.24, 2.45) is 34.8 Å². The van der Waals surface area contributed by atoms with Gasteiger partial charge in [0.1, 0.15) is 5.82 Å². The van der Waals surface area contributed by atoms with E-state index in [0.29, 0.717) is 29.9 Å². The number of pyridine rings is 1. The molecule has 4 aliphatic rings. The number of aromatic nitrogens is 1. The Morgan fingerprint density at radius 1 is 1.17 bits per heavy atom. The van der Waals surface area contributed by atoms with E-state index in [1.807, 2.05) is 12.1 Å². The fourth-order valence-electron chi connectivity index (χ4n) is 7.32. The van der Waals surface area contributed by atoms with E-state index in [2.05, 4.69) is 15.6 Å². The Balaban J connectivity index is 1.23. The smallest absolute Gasteiger partial charge is 0.230 e. The lowest BCUT2D eigenvalue weighted by Gasteiger charge is -2.60. The minimum Gasteiger partial charge on any atom is -0.354 e. The maximum atomic E-state index is 13.6. The number of benzene rings is 1. The molecule has 0 spiro atoms. The van der Waals surface area contributed by atoms with Gasteiger partial charge in [0.2, 0.25) is 11.8 Å². The lowest BCUT2D eigenvalue weighted by Crippen LogP contribution is -2.60. The van der Waals surface area contributed by atoms with Gasteiger partial charge in [-0.1, -0.05) is 17.7 Å². The van der Waals surface area contributed by atoms with Crippen molar-refractivity contribution in [1.82, 2.24) is 10.3 Å². The van der Waals surface area contributed by atoms with E-state index in [4.69, 9.17) is 17.3 Å². The van der Waals surface area contributed by atoms with Crippen molar-refractivity contribution in [2.75, 3.05) is 11.9 Å². The molecule has 6 nitrogen and oxygen atoms in total. The third kappa shape index (κ3) is 4.52. The van der Waals surface area contributed by atoms with E-state index in [1.54, 1.807) is 32.3 Å². The average Bonchev–Trinajstić information content (AvgIpc) is 2.84. The van der Waals surface area contributed by atoms with Gasteiger partial charge in [-0.05, 0) is 99.5 Å². The van der Waals surface area contributed by atoms with Crippen LogP contribution in [0.4, 0.5) is 10.1 Å². The highest BCUT2D eigenvalue weighted by atomic mass is 35.5. The van der Waals surface area contributed by atoms with E-state index in [0.717, 1.165) is 37.8 Å². The molecule has 36 heavy (non-hydrogen) atoms. The molecule has 1 heterocycles. The Bertz CT molecular complexity index is 1140. The number of halogens is 2. The second-order valence-electron chi connectivity index (χ2n) is 11.6. The van der Waals surface area contributed by atoms with Crippen molar-refractivity contribution in [1.29, 1.82) is 0 Å². The number of nitrogens with zero attached hydrogens (tertiary/aromatic N) is 1. The zero-order valence-electron chi connectivity index (χ0n) is 20.8. The number of anilines is 1. The van der Waals surface area contributed by atoms with Gasteiger partial charge < -0.3 is 16.4 Å². The molecule has 4 bridgehead atoms. The molecule has 8 heteroatoms. The summed E-state index contributed by atoms with van der Waals surface area (Å²) in [7, 11) is 0. The average molecular weight is 513 g/mol. The van der Waals surface area contributed by atoms with Gasteiger partial charge in [0.05, 0.1) is 15.9 Å². The summed E-state index contributed by atoms with van der Waals surface area (Å²) in [5.74, 6) is 1.06. The number of carbonyl (C=O) groups is 2. The topological polar surface area (TPSA) is 97.1 Å². The number of amides is 2. The first-order chi connectivity index (χ1) is 17.1. The predicted molar refractivity (Wildman–Crippen MR) is 138 cm³/mol. The molecular formula is C28H34ClFN4O2. The fraction of sp³-hybridized carbons (Fsp3) is 0.536. The van der Waals surface area contributed by atoms with Crippen LogP contribution in [0.3, 0.4) is 0 Å². The fourth-order valence-corrected chi connectivity index (χ4v) is 7.50. The molecule has 0 radical (unpaired) electrons.